The Balaban J connectivity index is 1.65. The molecule has 1 saturated heterocycles. The third kappa shape index (κ3) is 4.10. The molecule has 172 valence electrons. The van der Waals surface area contributed by atoms with Gasteiger partial charge in [-0.15, -0.1) is 22.7 Å². The van der Waals surface area contributed by atoms with Crippen molar-refractivity contribution in [3.05, 3.63) is 43.0 Å². The van der Waals surface area contributed by atoms with Gasteiger partial charge in [-0.2, -0.15) is 0 Å². The molecule has 1 saturated carbocycles. The molecular formula is C20H24N4O5S3. The van der Waals surface area contributed by atoms with E-state index < -0.39 is 26.8 Å². The van der Waals surface area contributed by atoms with E-state index in [0.717, 1.165) is 40.5 Å². The van der Waals surface area contributed by atoms with Crippen LogP contribution in [0.15, 0.2) is 26.1 Å². The van der Waals surface area contributed by atoms with Crippen molar-refractivity contribution >= 4 is 42.9 Å². The molecule has 0 aromatic carbocycles. The van der Waals surface area contributed by atoms with Gasteiger partial charge in [-0.1, -0.05) is 0 Å². The maximum absolute atomic E-state index is 13.4. The monoisotopic (exact) mass is 496 g/mol. The summed E-state index contributed by atoms with van der Waals surface area (Å²) >= 11 is 2.40. The van der Waals surface area contributed by atoms with Crippen LogP contribution < -0.4 is 16.0 Å². The number of sulfonamides is 1. The topological polar surface area (TPSA) is 112 Å². The number of aromatic nitrogens is 3. The molecular weight excluding hydrogens is 472 g/mol. The summed E-state index contributed by atoms with van der Waals surface area (Å²) in [5, 5.41) is 1.09. The number of nitrogens with one attached hydrogen (secondary N) is 1. The Labute approximate surface area is 192 Å². The molecule has 1 unspecified atom stereocenters. The summed E-state index contributed by atoms with van der Waals surface area (Å²) < 4.78 is 36.9. The van der Waals surface area contributed by atoms with E-state index >= 15 is 0 Å². The van der Waals surface area contributed by atoms with Crippen LogP contribution in [0.3, 0.4) is 0 Å². The van der Waals surface area contributed by atoms with E-state index in [9.17, 15) is 18.0 Å². The molecule has 5 rings (SSSR count). The number of thiophene rings is 1. The van der Waals surface area contributed by atoms with Gasteiger partial charge in [0.15, 0.2) is 0 Å². The Kier molecular flexibility index (Phi) is 5.40. The summed E-state index contributed by atoms with van der Waals surface area (Å²) in [5.74, 6) is 0.137. The highest BCUT2D eigenvalue weighted by Gasteiger charge is 2.42. The van der Waals surface area contributed by atoms with Crippen molar-refractivity contribution in [2.45, 2.75) is 55.9 Å². The first-order valence-corrected chi connectivity index (χ1v) is 13.6. The lowest BCUT2D eigenvalue weighted by atomic mass is 10.1. The third-order valence-corrected chi connectivity index (χ3v) is 10.1. The van der Waals surface area contributed by atoms with Gasteiger partial charge in [0.05, 0.1) is 23.5 Å². The molecule has 2 aliphatic rings. The van der Waals surface area contributed by atoms with Crippen LogP contribution in [0.2, 0.25) is 0 Å². The highest BCUT2D eigenvalue weighted by atomic mass is 32.2. The zero-order valence-corrected chi connectivity index (χ0v) is 20.2. The fraction of sp³-hybridized carbons (Fsp3) is 0.550. The average Bonchev–Trinajstić information content (AvgIpc) is 3.20. The lowest BCUT2D eigenvalue weighted by Gasteiger charge is -2.14. The Morgan fingerprint density at radius 2 is 2.06 bits per heavy atom. The summed E-state index contributed by atoms with van der Waals surface area (Å²) in [6.07, 6.45) is 4.04. The first-order valence-electron chi connectivity index (χ1n) is 10.5. The molecule has 9 nitrogen and oxygen atoms in total. The molecule has 1 N–H and O–H groups in total. The van der Waals surface area contributed by atoms with Crippen molar-refractivity contribution in [1.82, 2.24) is 18.8 Å². The van der Waals surface area contributed by atoms with E-state index in [2.05, 4.69) is 9.71 Å². The molecule has 0 amide bonds. The average molecular weight is 497 g/mol. The van der Waals surface area contributed by atoms with Crippen molar-refractivity contribution in [2.24, 2.45) is 5.92 Å². The van der Waals surface area contributed by atoms with Crippen molar-refractivity contribution in [2.75, 3.05) is 13.2 Å². The summed E-state index contributed by atoms with van der Waals surface area (Å²) in [4.78, 5) is 32.1. The van der Waals surface area contributed by atoms with Gasteiger partial charge in [0, 0.05) is 35.7 Å². The summed E-state index contributed by atoms with van der Waals surface area (Å²) in [6, 6.07) is 1.41. The number of ether oxygens (including phenoxy) is 1. The minimum absolute atomic E-state index is 0.0555. The predicted octanol–water partition coefficient (Wildman–Crippen LogP) is 1.91. The van der Waals surface area contributed by atoms with E-state index in [-0.39, 0.29) is 22.1 Å². The third-order valence-electron chi connectivity index (χ3n) is 5.97. The summed E-state index contributed by atoms with van der Waals surface area (Å²) in [7, 11) is -3.79. The number of hydrogen-bond donors (Lipinski definition) is 1. The van der Waals surface area contributed by atoms with E-state index in [4.69, 9.17) is 4.74 Å². The highest BCUT2D eigenvalue weighted by molar-refractivity contribution is 7.91. The molecule has 2 fully saturated rings. The second-order valence-electron chi connectivity index (χ2n) is 8.81. The van der Waals surface area contributed by atoms with Crippen LogP contribution in [0.5, 0.6) is 0 Å². The van der Waals surface area contributed by atoms with Crippen LogP contribution in [-0.4, -0.2) is 41.3 Å². The van der Waals surface area contributed by atoms with Crippen molar-refractivity contribution < 1.29 is 13.2 Å². The Hall–Kier alpha value is -1.86. The smallest absolute Gasteiger partial charge is 0.332 e. The largest absolute Gasteiger partial charge is 0.381 e. The van der Waals surface area contributed by atoms with Crippen LogP contribution in [-0.2, 0) is 27.8 Å². The Morgan fingerprint density at radius 1 is 1.28 bits per heavy atom. The van der Waals surface area contributed by atoms with Crippen LogP contribution in [0.25, 0.3) is 10.2 Å². The molecule has 1 atom stereocenters. The predicted molar refractivity (Wildman–Crippen MR) is 123 cm³/mol. The Bertz CT molecular complexity index is 1410. The lowest BCUT2D eigenvalue weighted by Crippen LogP contribution is -2.40. The second-order valence-corrected chi connectivity index (χ2v) is 13.1. The number of fused-ring (bicyclic) bond motifs is 1. The van der Waals surface area contributed by atoms with Crippen molar-refractivity contribution in [3.8, 4) is 0 Å². The van der Waals surface area contributed by atoms with Crippen LogP contribution in [0.4, 0.5) is 0 Å². The standard InChI is InChI=1S/C20H24N4O5S3/c1-12-21-8-14(30-12)10-23-17(25)15-7-16(32(27,28)22-20(2)4-5-20)31-18(15)24(19(23)26)9-13-3-6-29-11-13/h7-8,13,22H,3-6,9-11H2,1-2H3. The number of rotatable bonds is 7. The number of thiazole rings is 1. The molecule has 3 aromatic heterocycles. The Morgan fingerprint density at radius 3 is 2.69 bits per heavy atom. The minimum atomic E-state index is -3.79. The van der Waals surface area contributed by atoms with Crippen LogP contribution in [0, 0.1) is 12.8 Å². The first kappa shape index (κ1) is 22.0. The maximum atomic E-state index is 13.4. The van der Waals surface area contributed by atoms with Gasteiger partial charge in [-0.3, -0.25) is 13.9 Å². The molecule has 0 bridgehead atoms. The van der Waals surface area contributed by atoms with Gasteiger partial charge >= 0.3 is 5.69 Å². The first-order chi connectivity index (χ1) is 15.2. The second kappa shape index (κ2) is 7.87. The fourth-order valence-corrected chi connectivity index (χ4v) is 7.59. The van der Waals surface area contributed by atoms with Crippen molar-refractivity contribution in [1.29, 1.82) is 0 Å². The van der Waals surface area contributed by atoms with Gasteiger partial charge in [0.2, 0.25) is 0 Å². The molecule has 1 aliphatic carbocycles. The number of aryl methyl sites for hydroxylation is 1. The zero-order valence-electron chi connectivity index (χ0n) is 17.8. The summed E-state index contributed by atoms with van der Waals surface area (Å²) in [5.41, 5.74) is -1.35. The summed E-state index contributed by atoms with van der Waals surface area (Å²) in [6.45, 7) is 5.38. The molecule has 0 radical (unpaired) electrons. The zero-order chi connectivity index (χ0) is 22.7. The molecule has 12 heteroatoms. The van der Waals surface area contributed by atoms with Gasteiger partial charge in [0.1, 0.15) is 9.04 Å². The molecule has 3 aromatic rings. The van der Waals surface area contributed by atoms with Gasteiger partial charge in [0.25, 0.3) is 15.6 Å². The van der Waals surface area contributed by atoms with E-state index in [1.165, 1.54) is 22.0 Å². The van der Waals surface area contributed by atoms with Crippen LogP contribution in [0.1, 0.15) is 36.1 Å². The number of hydrogen-bond acceptors (Lipinski definition) is 8. The fourth-order valence-electron chi connectivity index (χ4n) is 3.89. The molecule has 32 heavy (non-hydrogen) atoms. The lowest BCUT2D eigenvalue weighted by molar-refractivity contribution is 0.182. The molecule has 1 aliphatic heterocycles. The van der Waals surface area contributed by atoms with E-state index in [0.29, 0.717) is 24.6 Å². The van der Waals surface area contributed by atoms with E-state index in [1.807, 2.05) is 13.8 Å². The number of nitrogens with zero attached hydrogens (tertiary/aromatic N) is 3. The van der Waals surface area contributed by atoms with Gasteiger partial charge < -0.3 is 4.74 Å². The highest BCUT2D eigenvalue weighted by Crippen LogP contribution is 2.37. The quantitative estimate of drug-likeness (QED) is 0.535. The minimum Gasteiger partial charge on any atom is -0.381 e. The molecule has 0 spiro atoms. The molecule has 4 heterocycles. The van der Waals surface area contributed by atoms with Crippen molar-refractivity contribution in [3.63, 3.8) is 0 Å². The maximum Gasteiger partial charge on any atom is 0.332 e. The van der Waals surface area contributed by atoms with Gasteiger partial charge in [-0.05, 0) is 39.2 Å². The normalized spacial score (nSPS) is 20.2. The van der Waals surface area contributed by atoms with Gasteiger partial charge in [-0.25, -0.2) is 22.9 Å². The SMILES string of the molecule is Cc1ncc(Cn2c(=O)c3cc(S(=O)(=O)NC4(C)CC4)sc3n(CC3CCOC3)c2=O)s1. The van der Waals surface area contributed by atoms with E-state index in [1.54, 1.807) is 10.8 Å². The van der Waals surface area contributed by atoms with Crippen LogP contribution >= 0.6 is 22.7 Å².